The highest BCUT2D eigenvalue weighted by Crippen LogP contribution is 2.31. The van der Waals surface area contributed by atoms with Gasteiger partial charge in [-0.25, -0.2) is 4.98 Å². The molecule has 0 aliphatic rings. The number of anilines is 1. The number of aromatic nitrogens is 2. The zero-order valence-electron chi connectivity index (χ0n) is 14.0. The standard InChI is InChI=1S/C20H15N3O2S/c1-13-4-9-17-18(11-13)26-20(22-17)14-5-7-16(8-6-14)21-19(24)15-3-2-10-23(25)12-15/h2-12H,1H3,(H,21,24). The zero-order chi connectivity index (χ0) is 18.1. The molecule has 0 aliphatic heterocycles. The Bertz CT molecular complexity index is 1100. The molecule has 26 heavy (non-hydrogen) atoms. The Balaban J connectivity index is 1.55. The van der Waals surface area contributed by atoms with E-state index in [1.54, 1.807) is 23.5 Å². The lowest BCUT2D eigenvalue weighted by Crippen LogP contribution is -2.27. The van der Waals surface area contributed by atoms with E-state index in [2.05, 4.69) is 29.4 Å². The van der Waals surface area contributed by atoms with Crippen molar-refractivity contribution in [3.8, 4) is 10.6 Å². The van der Waals surface area contributed by atoms with Crippen LogP contribution in [0, 0.1) is 12.1 Å². The lowest BCUT2D eigenvalue weighted by atomic mass is 10.2. The van der Waals surface area contributed by atoms with Crippen LogP contribution in [0.5, 0.6) is 0 Å². The Morgan fingerprint density at radius 1 is 1.15 bits per heavy atom. The van der Waals surface area contributed by atoms with Gasteiger partial charge in [-0.3, -0.25) is 4.79 Å². The molecule has 0 unspecified atom stereocenters. The second kappa shape index (κ2) is 6.57. The monoisotopic (exact) mass is 361 g/mol. The maximum Gasteiger partial charge on any atom is 0.261 e. The molecule has 2 aromatic heterocycles. The third kappa shape index (κ3) is 3.27. The smallest absolute Gasteiger partial charge is 0.261 e. The van der Waals surface area contributed by atoms with Gasteiger partial charge in [-0.15, -0.1) is 11.3 Å². The van der Waals surface area contributed by atoms with E-state index in [0.29, 0.717) is 16.0 Å². The van der Waals surface area contributed by atoms with Crippen molar-refractivity contribution >= 4 is 33.1 Å². The van der Waals surface area contributed by atoms with Crippen molar-refractivity contribution in [3.05, 3.63) is 83.3 Å². The van der Waals surface area contributed by atoms with Gasteiger partial charge in [0.25, 0.3) is 5.91 Å². The minimum Gasteiger partial charge on any atom is -0.619 e. The fourth-order valence-electron chi connectivity index (χ4n) is 2.64. The Hall–Kier alpha value is -3.25. The summed E-state index contributed by atoms with van der Waals surface area (Å²) in [5.74, 6) is -0.321. The molecule has 2 aromatic carbocycles. The van der Waals surface area contributed by atoms with Crippen molar-refractivity contribution in [1.29, 1.82) is 0 Å². The number of pyridine rings is 1. The first-order valence-corrected chi connectivity index (χ1v) is 8.88. The van der Waals surface area contributed by atoms with Crippen LogP contribution in [-0.2, 0) is 0 Å². The average molecular weight is 361 g/mol. The Morgan fingerprint density at radius 3 is 2.73 bits per heavy atom. The van der Waals surface area contributed by atoms with Crippen molar-refractivity contribution in [3.63, 3.8) is 0 Å². The van der Waals surface area contributed by atoms with Gasteiger partial charge in [-0.2, -0.15) is 4.73 Å². The lowest BCUT2D eigenvalue weighted by molar-refractivity contribution is -0.605. The zero-order valence-corrected chi connectivity index (χ0v) is 14.8. The lowest BCUT2D eigenvalue weighted by Gasteiger charge is -2.05. The van der Waals surface area contributed by atoms with Gasteiger partial charge in [0.15, 0.2) is 12.4 Å². The summed E-state index contributed by atoms with van der Waals surface area (Å²) in [6.07, 6.45) is 2.58. The number of thiazole rings is 1. The van der Waals surface area contributed by atoms with Crippen LogP contribution in [0.15, 0.2) is 67.0 Å². The van der Waals surface area contributed by atoms with Gasteiger partial charge in [0.05, 0.1) is 10.2 Å². The highest BCUT2D eigenvalue weighted by molar-refractivity contribution is 7.21. The molecular weight excluding hydrogens is 346 g/mol. The molecule has 0 fully saturated rings. The van der Waals surface area contributed by atoms with Crippen molar-refractivity contribution in [2.24, 2.45) is 0 Å². The highest BCUT2D eigenvalue weighted by Gasteiger charge is 2.10. The summed E-state index contributed by atoms with van der Waals surface area (Å²) in [6, 6.07) is 16.9. The minimum atomic E-state index is -0.321. The van der Waals surface area contributed by atoms with Crippen LogP contribution in [0.4, 0.5) is 5.69 Å². The molecule has 0 bridgehead atoms. The molecule has 0 radical (unpaired) electrons. The number of hydrogen-bond donors (Lipinski definition) is 1. The second-order valence-corrected chi connectivity index (χ2v) is 7.00. The van der Waals surface area contributed by atoms with Gasteiger partial charge in [-0.05, 0) is 55.0 Å². The molecule has 1 N–H and O–H groups in total. The minimum absolute atomic E-state index is 0.313. The van der Waals surface area contributed by atoms with Gasteiger partial charge in [0.2, 0.25) is 0 Å². The Labute approximate surface area is 154 Å². The number of nitrogens with one attached hydrogen (secondary N) is 1. The number of nitrogens with zero attached hydrogens (tertiary/aromatic N) is 2. The summed E-state index contributed by atoms with van der Waals surface area (Å²) in [4.78, 5) is 16.9. The first kappa shape index (κ1) is 16.2. The second-order valence-electron chi connectivity index (χ2n) is 5.97. The third-order valence-electron chi connectivity index (χ3n) is 3.97. The fraction of sp³-hybridized carbons (Fsp3) is 0.0500. The van der Waals surface area contributed by atoms with E-state index in [-0.39, 0.29) is 5.91 Å². The molecule has 5 nitrogen and oxygen atoms in total. The molecule has 6 heteroatoms. The fourth-order valence-corrected chi connectivity index (χ4v) is 3.71. The molecule has 0 saturated carbocycles. The summed E-state index contributed by atoms with van der Waals surface area (Å²) in [6.45, 7) is 2.07. The Kier molecular flexibility index (Phi) is 4.10. The molecule has 4 rings (SSSR count). The number of carbonyl (C=O) groups excluding carboxylic acids is 1. The van der Waals surface area contributed by atoms with E-state index in [0.717, 1.165) is 20.8 Å². The van der Waals surface area contributed by atoms with Crippen molar-refractivity contribution in [2.45, 2.75) is 6.92 Å². The van der Waals surface area contributed by atoms with E-state index in [1.807, 2.05) is 30.3 Å². The quantitative estimate of drug-likeness (QED) is 0.440. The van der Waals surface area contributed by atoms with Crippen molar-refractivity contribution in [1.82, 2.24) is 4.98 Å². The summed E-state index contributed by atoms with van der Waals surface area (Å²) >= 11 is 1.65. The van der Waals surface area contributed by atoms with E-state index in [1.165, 1.54) is 18.0 Å². The largest absolute Gasteiger partial charge is 0.619 e. The van der Waals surface area contributed by atoms with Crippen LogP contribution in [0.3, 0.4) is 0 Å². The molecular formula is C20H15N3O2S. The van der Waals surface area contributed by atoms with E-state index in [9.17, 15) is 10.0 Å². The summed E-state index contributed by atoms with van der Waals surface area (Å²) in [5, 5.41) is 15.0. The SMILES string of the molecule is Cc1ccc2nc(-c3ccc(NC(=O)c4ccc[n+]([O-])c4)cc3)sc2c1. The third-order valence-corrected chi connectivity index (χ3v) is 5.04. The van der Waals surface area contributed by atoms with E-state index in [4.69, 9.17) is 0 Å². The van der Waals surface area contributed by atoms with Crippen LogP contribution in [0.1, 0.15) is 15.9 Å². The summed E-state index contributed by atoms with van der Waals surface area (Å²) in [5.41, 5.74) is 4.18. The van der Waals surface area contributed by atoms with Crippen LogP contribution in [0.25, 0.3) is 20.8 Å². The molecule has 128 valence electrons. The van der Waals surface area contributed by atoms with Crippen LogP contribution < -0.4 is 10.0 Å². The average Bonchev–Trinajstić information content (AvgIpc) is 3.05. The summed E-state index contributed by atoms with van der Waals surface area (Å²) in [7, 11) is 0. The first-order valence-electron chi connectivity index (χ1n) is 8.06. The van der Waals surface area contributed by atoms with Crippen LogP contribution >= 0.6 is 11.3 Å². The maximum absolute atomic E-state index is 12.2. The molecule has 0 aliphatic carbocycles. The molecule has 1 amide bonds. The number of benzene rings is 2. The number of amides is 1. The highest BCUT2D eigenvalue weighted by atomic mass is 32.1. The van der Waals surface area contributed by atoms with Gasteiger partial charge < -0.3 is 10.5 Å². The normalized spacial score (nSPS) is 10.8. The topological polar surface area (TPSA) is 68.9 Å². The number of rotatable bonds is 3. The molecule has 0 spiro atoms. The number of fused-ring (bicyclic) bond motifs is 1. The molecule has 2 heterocycles. The predicted molar refractivity (Wildman–Crippen MR) is 103 cm³/mol. The van der Waals surface area contributed by atoms with Gasteiger partial charge in [0.1, 0.15) is 10.6 Å². The van der Waals surface area contributed by atoms with Gasteiger partial charge >= 0.3 is 0 Å². The number of aryl methyl sites for hydroxylation is 1. The molecule has 0 saturated heterocycles. The van der Waals surface area contributed by atoms with Crippen molar-refractivity contribution in [2.75, 3.05) is 5.32 Å². The van der Waals surface area contributed by atoms with Gasteiger partial charge in [-0.1, -0.05) is 6.07 Å². The van der Waals surface area contributed by atoms with Gasteiger partial charge in [0, 0.05) is 17.3 Å². The Morgan fingerprint density at radius 2 is 1.96 bits per heavy atom. The molecule has 4 aromatic rings. The maximum atomic E-state index is 12.2. The van der Waals surface area contributed by atoms with Crippen LogP contribution in [-0.4, -0.2) is 10.9 Å². The van der Waals surface area contributed by atoms with E-state index < -0.39 is 0 Å². The van der Waals surface area contributed by atoms with Crippen molar-refractivity contribution < 1.29 is 9.52 Å². The number of carbonyl (C=O) groups is 1. The van der Waals surface area contributed by atoms with Crippen LogP contribution in [0.2, 0.25) is 0 Å². The van der Waals surface area contributed by atoms with E-state index >= 15 is 0 Å². The predicted octanol–water partition coefficient (Wildman–Crippen LogP) is 4.16. The first-order chi connectivity index (χ1) is 12.6. The summed E-state index contributed by atoms with van der Waals surface area (Å²) < 4.78 is 1.76. The molecule has 0 atom stereocenters. The number of hydrogen-bond acceptors (Lipinski definition) is 4.